The summed E-state index contributed by atoms with van der Waals surface area (Å²) in [5.41, 5.74) is 9.33. The normalized spacial score (nSPS) is 14.1. The summed E-state index contributed by atoms with van der Waals surface area (Å²) in [6.45, 7) is 4.84. The van der Waals surface area contributed by atoms with Gasteiger partial charge in [0, 0.05) is 23.2 Å². The highest BCUT2D eigenvalue weighted by atomic mass is 79.9. The molecule has 3 rings (SSSR count). The van der Waals surface area contributed by atoms with Crippen molar-refractivity contribution in [1.29, 1.82) is 0 Å². The molecule has 0 atom stereocenters. The van der Waals surface area contributed by atoms with Crippen LogP contribution in [0.1, 0.15) is 5.56 Å². The number of nitrogens with one attached hydrogen (secondary N) is 1. The van der Waals surface area contributed by atoms with E-state index in [-0.39, 0.29) is 12.5 Å². The number of rotatable bonds is 5. The number of anilines is 3. The van der Waals surface area contributed by atoms with Gasteiger partial charge in [0.25, 0.3) is 5.91 Å². The summed E-state index contributed by atoms with van der Waals surface area (Å²) in [6.07, 6.45) is 0. The van der Waals surface area contributed by atoms with Crippen LogP contribution in [0.25, 0.3) is 0 Å². The Hall–Kier alpha value is -1.77. The lowest BCUT2D eigenvalue weighted by atomic mass is 10.2. The smallest absolute Gasteiger partial charge is 0.262 e. The van der Waals surface area contributed by atoms with Gasteiger partial charge < -0.3 is 25.4 Å². The largest absolute Gasteiger partial charge is 0.482 e. The van der Waals surface area contributed by atoms with E-state index < -0.39 is 0 Å². The maximum absolute atomic E-state index is 12.2. The Morgan fingerprint density at radius 2 is 2.00 bits per heavy atom. The highest BCUT2D eigenvalue weighted by molar-refractivity contribution is 9.11. The van der Waals surface area contributed by atoms with Crippen molar-refractivity contribution in [2.75, 3.05) is 48.9 Å². The lowest BCUT2D eigenvalue weighted by Crippen LogP contribution is -2.36. The fraction of sp³-hybridized carbons (Fsp3) is 0.316. The average molecular weight is 499 g/mol. The van der Waals surface area contributed by atoms with E-state index in [1.165, 1.54) is 0 Å². The molecular formula is C19H21Br2N3O3. The van der Waals surface area contributed by atoms with Crippen molar-refractivity contribution in [1.82, 2.24) is 0 Å². The summed E-state index contributed by atoms with van der Waals surface area (Å²) in [5.74, 6) is 0.401. The van der Waals surface area contributed by atoms with Crippen LogP contribution >= 0.6 is 31.9 Å². The highest BCUT2D eigenvalue weighted by Crippen LogP contribution is 2.32. The number of aryl methyl sites for hydroxylation is 1. The molecule has 3 N–H and O–H groups in total. The maximum Gasteiger partial charge on any atom is 0.262 e. The molecule has 1 amide bonds. The molecule has 0 aromatic heterocycles. The SMILES string of the molecule is Cc1cc(Br)cc(Br)c1OCC(=O)Nc1ccc(N2CCOCC2)c(N)c1. The van der Waals surface area contributed by atoms with Crippen LogP contribution in [-0.4, -0.2) is 38.8 Å². The van der Waals surface area contributed by atoms with Crippen LogP contribution in [0.4, 0.5) is 17.1 Å². The van der Waals surface area contributed by atoms with Crippen LogP contribution < -0.4 is 20.7 Å². The Labute approximate surface area is 175 Å². The molecule has 0 aliphatic carbocycles. The zero-order valence-corrected chi connectivity index (χ0v) is 18.1. The van der Waals surface area contributed by atoms with Crippen molar-refractivity contribution < 1.29 is 14.3 Å². The van der Waals surface area contributed by atoms with Crippen molar-refractivity contribution in [3.63, 3.8) is 0 Å². The van der Waals surface area contributed by atoms with Crippen molar-refractivity contribution >= 4 is 54.8 Å². The Morgan fingerprint density at radius 1 is 1.26 bits per heavy atom. The van der Waals surface area contributed by atoms with Gasteiger partial charge in [-0.3, -0.25) is 4.79 Å². The summed E-state index contributed by atoms with van der Waals surface area (Å²) < 4.78 is 12.8. The van der Waals surface area contributed by atoms with Crippen LogP contribution in [0.3, 0.4) is 0 Å². The standard InChI is InChI=1S/C19H21Br2N3O3/c1-12-8-13(20)9-15(21)19(12)27-11-18(25)23-14-2-3-17(16(22)10-14)24-4-6-26-7-5-24/h2-3,8-10H,4-7,11,22H2,1H3,(H,23,25). The third-order valence-electron chi connectivity index (χ3n) is 4.20. The second kappa shape index (κ2) is 8.95. The molecule has 6 nitrogen and oxygen atoms in total. The maximum atomic E-state index is 12.2. The van der Waals surface area contributed by atoms with Crippen LogP contribution in [-0.2, 0) is 9.53 Å². The highest BCUT2D eigenvalue weighted by Gasteiger charge is 2.15. The van der Waals surface area contributed by atoms with Crippen LogP contribution in [0.5, 0.6) is 5.75 Å². The van der Waals surface area contributed by atoms with Crippen LogP contribution in [0.2, 0.25) is 0 Å². The second-order valence-corrected chi connectivity index (χ2v) is 8.01. The molecule has 1 saturated heterocycles. The number of nitrogens with two attached hydrogens (primary N) is 1. The van der Waals surface area contributed by atoms with E-state index in [1.54, 1.807) is 6.07 Å². The first-order chi connectivity index (χ1) is 12.9. The number of halogens is 2. The third kappa shape index (κ3) is 5.15. The predicted molar refractivity (Wildman–Crippen MR) is 115 cm³/mol. The molecule has 0 unspecified atom stereocenters. The van der Waals surface area contributed by atoms with Crippen molar-refractivity contribution in [2.24, 2.45) is 0 Å². The third-order valence-corrected chi connectivity index (χ3v) is 5.25. The zero-order valence-electron chi connectivity index (χ0n) is 14.9. The van der Waals surface area contributed by atoms with Crippen LogP contribution in [0.15, 0.2) is 39.3 Å². The molecule has 0 radical (unpaired) electrons. The number of carbonyl (C=O) groups excluding carboxylic acids is 1. The number of hydrogen-bond acceptors (Lipinski definition) is 5. The van der Waals surface area contributed by atoms with Gasteiger partial charge in [-0.15, -0.1) is 0 Å². The second-order valence-electron chi connectivity index (χ2n) is 6.24. The van der Waals surface area contributed by atoms with Gasteiger partial charge in [-0.1, -0.05) is 15.9 Å². The fourth-order valence-corrected chi connectivity index (χ4v) is 4.48. The molecule has 1 aliphatic rings. The van der Waals surface area contributed by atoms with Gasteiger partial charge in [0.05, 0.1) is 29.1 Å². The number of carbonyl (C=O) groups is 1. The molecule has 1 fully saturated rings. The van der Waals surface area contributed by atoms with E-state index in [0.717, 1.165) is 33.3 Å². The lowest BCUT2D eigenvalue weighted by Gasteiger charge is -2.30. The van der Waals surface area contributed by atoms with Crippen LogP contribution in [0, 0.1) is 6.92 Å². The van der Waals surface area contributed by atoms with Crippen molar-refractivity contribution in [3.8, 4) is 5.75 Å². The van der Waals surface area contributed by atoms with E-state index in [4.69, 9.17) is 15.2 Å². The lowest BCUT2D eigenvalue weighted by molar-refractivity contribution is -0.118. The van der Waals surface area contributed by atoms with Crippen molar-refractivity contribution in [3.05, 3.63) is 44.8 Å². The van der Waals surface area contributed by atoms with Crippen molar-refractivity contribution in [2.45, 2.75) is 6.92 Å². The topological polar surface area (TPSA) is 76.8 Å². The molecule has 8 heteroatoms. The van der Waals surface area contributed by atoms with Gasteiger partial charge in [0.2, 0.25) is 0 Å². The van der Waals surface area contributed by atoms with E-state index >= 15 is 0 Å². The molecule has 1 heterocycles. The minimum atomic E-state index is -0.247. The Kier molecular flexibility index (Phi) is 6.62. The first-order valence-corrected chi connectivity index (χ1v) is 10.1. The van der Waals surface area contributed by atoms with E-state index in [1.807, 2.05) is 31.2 Å². The molecule has 1 aliphatic heterocycles. The molecule has 0 bridgehead atoms. The number of amides is 1. The van der Waals surface area contributed by atoms with Gasteiger partial charge in [0.15, 0.2) is 6.61 Å². The molecule has 2 aromatic carbocycles. The molecular weight excluding hydrogens is 478 g/mol. The van der Waals surface area contributed by atoms with Gasteiger partial charge in [-0.25, -0.2) is 0 Å². The molecule has 144 valence electrons. The van der Waals surface area contributed by atoms with E-state index in [0.29, 0.717) is 30.3 Å². The summed E-state index contributed by atoms with van der Waals surface area (Å²) in [5, 5.41) is 2.82. The van der Waals surface area contributed by atoms with Gasteiger partial charge in [-0.2, -0.15) is 0 Å². The number of hydrogen-bond donors (Lipinski definition) is 2. The number of nitrogens with zero attached hydrogens (tertiary/aromatic N) is 1. The first-order valence-electron chi connectivity index (χ1n) is 8.54. The Bertz CT molecular complexity index is 816. The quantitative estimate of drug-likeness (QED) is 0.610. The molecule has 2 aromatic rings. The number of ether oxygens (including phenoxy) is 2. The first kappa shape index (κ1) is 20.0. The minimum Gasteiger partial charge on any atom is -0.482 e. The summed E-state index contributed by atoms with van der Waals surface area (Å²) in [6, 6.07) is 9.35. The zero-order chi connectivity index (χ0) is 19.4. The summed E-state index contributed by atoms with van der Waals surface area (Å²) in [7, 11) is 0. The van der Waals surface area contributed by atoms with Gasteiger partial charge >= 0.3 is 0 Å². The summed E-state index contributed by atoms with van der Waals surface area (Å²) >= 11 is 6.88. The van der Waals surface area contributed by atoms with E-state index in [2.05, 4.69) is 42.1 Å². The molecule has 0 saturated carbocycles. The fourth-order valence-electron chi connectivity index (χ4n) is 2.93. The Balaban J connectivity index is 1.60. The number of morpholine rings is 1. The molecule has 0 spiro atoms. The average Bonchev–Trinajstić information content (AvgIpc) is 2.61. The monoisotopic (exact) mass is 497 g/mol. The minimum absolute atomic E-state index is 0.0911. The van der Waals surface area contributed by atoms with Gasteiger partial charge in [-0.05, 0) is 58.7 Å². The van der Waals surface area contributed by atoms with E-state index in [9.17, 15) is 4.79 Å². The number of nitrogen functional groups attached to an aromatic ring is 1. The Morgan fingerprint density at radius 3 is 2.67 bits per heavy atom. The van der Waals surface area contributed by atoms with Gasteiger partial charge in [0.1, 0.15) is 5.75 Å². The summed E-state index contributed by atoms with van der Waals surface area (Å²) in [4.78, 5) is 14.4. The predicted octanol–water partition coefficient (Wildman–Crippen LogP) is 3.96. The molecule has 27 heavy (non-hydrogen) atoms. The number of benzene rings is 2.